The average molecular weight is 877 g/mol. The van der Waals surface area contributed by atoms with Gasteiger partial charge in [-0.25, -0.2) is 0 Å². The van der Waals surface area contributed by atoms with Gasteiger partial charge in [-0.2, -0.15) is 0 Å². The van der Waals surface area contributed by atoms with Crippen molar-refractivity contribution in [2.45, 2.75) is 57.0 Å². The van der Waals surface area contributed by atoms with Crippen LogP contribution in [-0.2, 0) is 4.79 Å². The van der Waals surface area contributed by atoms with Crippen molar-refractivity contribution in [3.8, 4) is 11.5 Å². The Bertz CT molecular complexity index is 3290. The van der Waals surface area contributed by atoms with E-state index in [9.17, 15) is 29.7 Å². The van der Waals surface area contributed by atoms with E-state index in [1.807, 2.05) is 74.5 Å². The molecule has 0 saturated carbocycles. The number of ketones is 1. The van der Waals surface area contributed by atoms with Gasteiger partial charge in [0, 0.05) is 88.8 Å². The van der Waals surface area contributed by atoms with Crippen LogP contribution in [0.2, 0.25) is 0 Å². The van der Waals surface area contributed by atoms with E-state index >= 15 is 0 Å². The van der Waals surface area contributed by atoms with E-state index in [2.05, 4.69) is 69.9 Å². The normalized spacial score (nSPS) is 20.4. The van der Waals surface area contributed by atoms with Gasteiger partial charge in [-0.15, -0.1) is 0 Å². The molecule has 4 aliphatic rings. The van der Waals surface area contributed by atoms with Crippen LogP contribution in [0.15, 0.2) is 117 Å². The summed E-state index contributed by atoms with van der Waals surface area (Å²) < 4.78 is 0. The van der Waals surface area contributed by atoms with Crippen LogP contribution in [0.5, 0.6) is 11.5 Å². The molecule has 2 atom stereocenters. The van der Waals surface area contributed by atoms with Crippen LogP contribution in [0.4, 0.5) is 28.4 Å². The fourth-order valence-corrected chi connectivity index (χ4v) is 9.25. The summed E-state index contributed by atoms with van der Waals surface area (Å²) in [5, 5.41) is 81.3. The number of aliphatic hydroxyl groups excluding tert-OH is 4. The number of allylic oxidation sites excluding steroid dienone is 2. The number of nitrogens with zero attached hydrogens (tertiary/aromatic N) is 1. The first-order valence-electron chi connectivity index (χ1n) is 21.3. The van der Waals surface area contributed by atoms with E-state index in [4.69, 9.17) is 20.3 Å². The summed E-state index contributed by atoms with van der Waals surface area (Å²) in [7, 11) is 0. The zero-order valence-corrected chi connectivity index (χ0v) is 35.8. The van der Waals surface area contributed by atoms with E-state index < -0.39 is 33.7 Å². The Morgan fingerprint density at radius 2 is 0.969 bits per heavy atom. The van der Waals surface area contributed by atoms with Gasteiger partial charge in [-0.05, 0) is 61.2 Å². The van der Waals surface area contributed by atoms with Crippen molar-refractivity contribution >= 4 is 77.7 Å². The minimum Gasteiger partial charge on any atom is -0.506 e. The lowest BCUT2D eigenvalue weighted by Gasteiger charge is -2.40. The summed E-state index contributed by atoms with van der Waals surface area (Å²) in [5.41, 5.74) is 2.23. The first kappa shape index (κ1) is 42.8. The third-order valence-corrected chi connectivity index (χ3v) is 12.5. The van der Waals surface area contributed by atoms with E-state index in [0.717, 1.165) is 50.0 Å². The van der Waals surface area contributed by atoms with Crippen molar-refractivity contribution in [1.29, 1.82) is 0 Å². The smallest absolute Gasteiger partial charge is 0.275 e. The molecule has 0 saturated heterocycles. The lowest BCUT2D eigenvalue weighted by Crippen LogP contribution is -2.46. The molecular formula is C50H48N6O9. The first-order valence-corrected chi connectivity index (χ1v) is 21.3. The fraction of sp³-hybridized carbons (Fsp3) is 0.240. The molecule has 0 aromatic heterocycles. The van der Waals surface area contributed by atoms with Crippen LogP contribution >= 0.6 is 0 Å². The standard InChI is InChI=1S/C32H30N4O4.C14H16N2O.C4H2O4/c1-31(13-15-37)33-21-7-3-5-17-9-11-19(27(35-31)23(17)21)25-29(39)26(30(25)40)20-12-10-18-6-4-8-22-24(18)28(20)36-32(2,34-22)14-16-38;1-14(8-9-17)15-11-6-2-4-10-5-3-7-12(16-14)13(10)11;5-1-2(6)4(8)3(1)7/h3-12,33-35,37-39H,13-16H2,1-2H3;2-7,15-17H,8-9H2,1H3;5-6H/b26-20+;;. The molecule has 65 heavy (non-hydrogen) atoms. The van der Waals surface area contributed by atoms with Gasteiger partial charge >= 0.3 is 0 Å². The summed E-state index contributed by atoms with van der Waals surface area (Å²) in [6, 6.07) is 32.0. The maximum Gasteiger partial charge on any atom is 0.275 e. The number of aliphatic hydroxyl groups is 4. The zero-order valence-electron chi connectivity index (χ0n) is 35.8. The third kappa shape index (κ3) is 7.23. The second-order valence-electron chi connectivity index (χ2n) is 17.3. The molecule has 0 fully saturated rings. The van der Waals surface area contributed by atoms with Crippen molar-refractivity contribution < 1.29 is 35.4 Å². The molecule has 11 N–H and O–H groups in total. The highest BCUT2D eigenvalue weighted by Gasteiger charge is 2.40. The number of carbonyl (C=O) groups excluding carboxylic acids is 1. The van der Waals surface area contributed by atoms with E-state index in [1.54, 1.807) is 0 Å². The fourth-order valence-electron chi connectivity index (χ4n) is 9.25. The second-order valence-corrected chi connectivity index (χ2v) is 17.3. The molecule has 1 aliphatic carbocycles. The molecular weight excluding hydrogens is 829 g/mol. The van der Waals surface area contributed by atoms with Gasteiger partial charge in [0.2, 0.25) is 17.3 Å². The predicted molar refractivity (Wildman–Crippen MR) is 254 cm³/mol. The maximum atomic E-state index is 13.9. The number of rotatable bonds is 7. The molecule has 332 valence electrons. The lowest BCUT2D eigenvalue weighted by molar-refractivity contribution is -0.109. The first-order chi connectivity index (χ1) is 31.1. The quantitative estimate of drug-likeness (QED) is 0.0918. The summed E-state index contributed by atoms with van der Waals surface area (Å²) in [4.78, 5) is 38.8. The van der Waals surface area contributed by atoms with Crippen molar-refractivity contribution in [2.24, 2.45) is 4.99 Å². The number of hydrogen-bond acceptors (Lipinski definition) is 15. The molecule has 0 amide bonds. The molecule has 3 aliphatic heterocycles. The third-order valence-electron chi connectivity index (χ3n) is 12.5. The largest absolute Gasteiger partial charge is 0.506 e. The van der Waals surface area contributed by atoms with Crippen LogP contribution in [-0.4, -0.2) is 73.2 Å². The van der Waals surface area contributed by atoms with Crippen LogP contribution < -0.4 is 48.0 Å². The minimum atomic E-state index is -1.01. The highest BCUT2D eigenvalue weighted by Crippen LogP contribution is 2.47. The van der Waals surface area contributed by atoms with Crippen LogP contribution in [0.1, 0.15) is 45.6 Å². The number of carbonyl (C=O) groups is 1. The molecule has 0 radical (unpaired) electrons. The molecule has 0 spiro atoms. The number of hydrogen-bond donors (Lipinski definition) is 11. The van der Waals surface area contributed by atoms with E-state index in [-0.39, 0.29) is 48.2 Å². The number of anilines is 5. The van der Waals surface area contributed by atoms with E-state index in [1.165, 1.54) is 10.8 Å². The van der Waals surface area contributed by atoms with Crippen LogP contribution in [0.25, 0.3) is 43.5 Å². The summed E-state index contributed by atoms with van der Waals surface area (Å²) in [6.07, 6.45) is 1.50. The van der Waals surface area contributed by atoms with Gasteiger partial charge in [0.1, 0.15) is 22.7 Å². The molecule has 3 heterocycles. The van der Waals surface area contributed by atoms with Gasteiger partial charge < -0.3 is 57.2 Å². The Balaban J connectivity index is 0.000000173. The average Bonchev–Trinajstić information content (AvgIpc) is 3.28. The highest BCUT2D eigenvalue weighted by atomic mass is 16.3. The molecule has 7 aromatic carbocycles. The minimum absolute atomic E-state index is 0.0188. The van der Waals surface area contributed by atoms with Crippen molar-refractivity contribution in [1.82, 2.24) is 0 Å². The highest BCUT2D eigenvalue weighted by molar-refractivity contribution is 6.52. The Labute approximate surface area is 371 Å². The van der Waals surface area contributed by atoms with Gasteiger partial charge in [0.25, 0.3) is 10.9 Å². The number of aromatic hydroxyl groups is 2. The zero-order chi connectivity index (χ0) is 46.0. The number of nitrogens with one attached hydrogen (secondary N) is 5. The van der Waals surface area contributed by atoms with Gasteiger partial charge in [0.15, 0.2) is 0 Å². The van der Waals surface area contributed by atoms with Crippen LogP contribution in [0, 0.1) is 0 Å². The van der Waals surface area contributed by atoms with Crippen LogP contribution in [0.3, 0.4) is 0 Å². The van der Waals surface area contributed by atoms with Gasteiger partial charge in [-0.1, -0.05) is 72.8 Å². The van der Waals surface area contributed by atoms with Crippen molar-refractivity contribution in [3.63, 3.8) is 0 Å². The summed E-state index contributed by atoms with van der Waals surface area (Å²) in [6.45, 7) is 6.04. The molecule has 15 nitrogen and oxygen atoms in total. The number of Topliss-reactive ketones (excluding diaryl/α,β-unsaturated/α-hetero) is 1. The summed E-state index contributed by atoms with van der Waals surface area (Å²) >= 11 is 0. The predicted octanol–water partition coefficient (Wildman–Crippen LogP) is 5.25. The van der Waals surface area contributed by atoms with Gasteiger partial charge in [0.05, 0.1) is 22.2 Å². The Morgan fingerprint density at radius 3 is 1.48 bits per heavy atom. The van der Waals surface area contributed by atoms with Gasteiger partial charge in [-0.3, -0.25) is 19.4 Å². The van der Waals surface area contributed by atoms with Crippen molar-refractivity contribution in [3.05, 3.63) is 139 Å². The molecule has 0 bridgehead atoms. The maximum absolute atomic E-state index is 13.9. The second kappa shape index (κ2) is 16.0. The Hall–Kier alpha value is -7.46. The molecule has 2 unspecified atom stereocenters. The molecule has 15 heteroatoms. The molecule has 7 aromatic rings. The monoisotopic (exact) mass is 876 g/mol. The number of benzene rings is 6. The molecule has 11 rings (SSSR count). The lowest BCUT2D eigenvalue weighted by atomic mass is 9.79. The van der Waals surface area contributed by atoms with Crippen molar-refractivity contribution in [2.75, 3.05) is 46.4 Å². The Morgan fingerprint density at radius 1 is 0.508 bits per heavy atom. The SMILES string of the molecule is CC1(CCO)N=c2/c(=C3/C(=O)C(c4ccc5cccc6c5c4NC(C)(CCO)N6)=C3O)ccc3cccc(c23)N1.CC1(CCO)Nc2cccc3cccc(c23)N1.O=c1c(O)c(O)c1=O. The Kier molecular flexibility index (Phi) is 10.5. The summed E-state index contributed by atoms with van der Waals surface area (Å²) in [5.74, 6) is -1.96. The van der Waals surface area contributed by atoms with E-state index in [0.29, 0.717) is 35.4 Å². The topological polar surface area (TPSA) is 245 Å².